The fourth-order valence-electron chi connectivity index (χ4n) is 3.10. The van der Waals surface area contributed by atoms with Gasteiger partial charge in [-0.2, -0.15) is 0 Å². The largest absolute Gasteiger partial charge is 0.338 e. The normalized spacial score (nSPS) is 18.8. The molecule has 1 saturated heterocycles. The van der Waals surface area contributed by atoms with E-state index in [0.717, 1.165) is 31.5 Å². The van der Waals surface area contributed by atoms with E-state index in [0.29, 0.717) is 0 Å². The molecule has 0 bridgehead atoms. The topological polar surface area (TPSA) is 20.3 Å². The summed E-state index contributed by atoms with van der Waals surface area (Å²) in [6.07, 6.45) is 2.05. The van der Waals surface area contributed by atoms with Gasteiger partial charge in [-0.3, -0.25) is 4.79 Å². The van der Waals surface area contributed by atoms with Crippen LogP contribution in [0.25, 0.3) is 0 Å². The van der Waals surface area contributed by atoms with Crippen molar-refractivity contribution in [2.45, 2.75) is 32.2 Å². The molecule has 2 aromatic rings. The van der Waals surface area contributed by atoms with Gasteiger partial charge in [-0.05, 0) is 30.9 Å². The first kappa shape index (κ1) is 13.9. The molecule has 0 N–H and O–H groups in total. The minimum absolute atomic E-state index is 0.0300. The van der Waals surface area contributed by atoms with Crippen molar-refractivity contribution >= 4 is 5.91 Å². The van der Waals surface area contributed by atoms with Gasteiger partial charge in [-0.15, -0.1) is 0 Å². The smallest absolute Gasteiger partial charge is 0.230 e. The molecule has 1 atom stereocenters. The first-order valence-corrected chi connectivity index (χ1v) is 7.63. The zero-order valence-electron chi connectivity index (χ0n) is 12.5. The Bertz CT molecular complexity index is 620. The maximum Gasteiger partial charge on any atom is 0.230 e. The molecule has 0 spiro atoms. The Hall–Kier alpha value is -2.09. The van der Waals surface area contributed by atoms with Gasteiger partial charge in [-0.25, -0.2) is 0 Å². The van der Waals surface area contributed by atoms with E-state index in [4.69, 9.17) is 0 Å². The van der Waals surface area contributed by atoms with Gasteiger partial charge in [0.2, 0.25) is 5.91 Å². The highest BCUT2D eigenvalue weighted by atomic mass is 16.2. The SMILES string of the molecule is Cc1cccc(C2CCCN(Cc3ccccc3)C2=O)c1. The molecule has 0 aliphatic carbocycles. The summed E-state index contributed by atoms with van der Waals surface area (Å²) in [6.45, 7) is 3.68. The second-order valence-electron chi connectivity index (χ2n) is 5.85. The molecule has 0 saturated carbocycles. The number of aryl methyl sites for hydroxylation is 1. The molecule has 2 nitrogen and oxygen atoms in total. The van der Waals surface area contributed by atoms with Gasteiger partial charge in [-0.1, -0.05) is 60.2 Å². The number of piperidine rings is 1. The van der Waals surface area contributed by atoms with Crippen LogP contribution in [0.5, 0.6) is 0 Å². The van der Waals surface area contributed by atoms with Crippen molar-refractivity contribution in [3.8, 4) is 0 Å². The molecule has 1 aliphatic rings. The van der Waals surface area contributed by atoms with Gasteiger partial charge in [0.25, 0.3) is 0 Å². The Kier molecular flexibility index (Phi) is 4.05. The molecular formula is C19H21NO. The number of amides is 1. The molecule has 1 amide bonds. The highest BCUT2D eigenvalue weighted by Crippen LogP contribution is 2.29. The zero-order chi connectivity index (χ0) is 14.7. The molecule has 1 heterocycles. The molecule has 1 fully saturated rings. The molecule has 108 valence electrons. The summed E-state index contributed by atoms with van der Waals surface area (Å²) in [5.74, 6) is 0.304. The van der Waals surface area contributed by atoms with Crippen LogP contribution in [0.4, 0.5) is 0 Å². The van der Waals surface area contributed by atoms with Crippen LogP contribution in [0.15, 0.2) is 54.6 Å². The molecular weight excluding hydrogens is 258 g/mol. The monoisotopic (exact) mass is 279 g/mol. The first-order chi connectivity index (χ1) is 10.2. The van der Waals surface area contributed by atoms with Gasteiger partial charge < -0.3 is 4.90 Å². The van der Waals surface area contributed by atoms with Crippen molar-refractivity contribution in [3.05, 3.63) is 71.3 Å². The van der Waals surface area contributed by atoms with E-state index < -0.39 is 0 Å². The lowest BCUT2D eigenvalue weighted by Gasteiger charge is -2.32. The molecule has 2 aromatic carbocycles. The average molecular weight is 279 g/mol. The molecule has 1 unspecified atom stereocenters. The summed E-state index contributed by atoms with van der Waals surface area (Å²) in [4.78, 5) is 14.8. The van der Waals surface area contributed by atoms with Crippen molar-refractivity contribution < 1.29 is 4.79 Å². The Morgan fingerprint density at radius 3 is 2.67 bits per heavy atom. The minimum Gasteiger partial charge on any atom is -0.338 e. The van der Waals surface area contributed by atoms with Crippen LogP contribution in [0.3, 0.4) is 0 Å². The van der Waals surface area contributed by atoms with Crippen LogP contribution < -0.4 is 0 Å². The van der Waals surface area contributed by atoms with E-state index >= 15 is 0 Å². The number of likely N-dealkylation sites (tertiary alicyclic amines) is 1. The van der Waals surface area contributed by atoms with Crippen LogP contribution in [0.2, 0.25) is 0 Å². The Morgan fingerprint density at radius 2 is 1.90 bits per heavy atom. The summed E-state index contributed by atoms with van der Waals surface area (Å²) in [7, 11) is 0. The zero-order valence-corrected chi connectivity index (χ0v) is 12.5. The number of rotatable bonds is 3. The van der Waals surface area contributed by atoms with Gasteiger partial charge >= 0.3 is 0 Å². The number of carbonyl (C=O) groups is 1. The lowest BCUT2D eigenvalue weighted by molar-refractivity contribution is -0.135. The van der Waals surface area contributed by atoms with Crippen molar-refractivity contribution in [1.29, 1.82) is 0 Å². The van der Waals surface area contributed by atoms with E-state index in [2.05, 4.69) is 37.3 Å². The van der Waals surface area contributed by atoms with Crippen molar-refractivity contribution in [2.24, 2.45) is 0 Å². The quantitative estimate of drug-likeness (QED) is 0.834. The lowest BCUT2D eigenvalue weighted by atomic mass is 9.89. The van der Waals surface area contributed by atoms with E-state index in [1.807, 2.05) is 29.2 Å². The molecule has 2 heteroatoms. The van der Waals surface area contributed by atoms with E-state index in [1.54, 1.807) is 0 Å². The maximum atomic E-state index is 12.8. The number of hydrogen-bond donors (Lipinski definition) is 0. The maximum absolute atomic E-state index is 12.8. The minimum atomic E-state index is 0.0300. The Balaban J connectivity index is 1.77. The van der Waals surface area contributed by atoms with Crippen LogP contribution in [0, 0.1) is 6.92 Å². The third-order valence-corrected chi connectivity index (χ3v) is 4.19. The van der Waals surface area contributed by atoms with Gasteiger partial charge in [0.05, 0.1) is 5.92 Å². The van der Waals surface area contributed by atoms with Crippen molar-refractivity contribution in [1.82, 2.24) is 4.90 Å². The Morgan fingerprint density at radius 1 is 1.10 bits per heavy atom. The van der Waals surface area contributed by atoms with Crippen molar-refractivity contribution in [3.63, 3.8) is 0 Å². The summed E-state index contributed by atoms with van der Waals surface area (Å²) >= 11 is 0. The number of benzene rings is 2. The van der Waals surface area contributed by atoms with Crippen LogP contribution in [-0.4, -0.2) is 17.4 Å². The second-order valence-corrected chi connectivity index (χ2v) is 5.85. The third kappa shape index (κ3) is 3.15. The summed E-state index contributed by atoms with van der Waals surface area (Å²) in [5, 5.41) is 0. The van der Waals surface area contributed by atoms with Crippen molar-refractivity contribution in [2.75, 3.05) is 6.54 Å². The van der Waals surface area contributed by atoms with E-state index in [1.165, 1.54) is 11.1 Å². The van der Waals surface area contributed by atoms with Crippen LogP contribution in [0.1, 0.15) is 35.4 Å². The van der Waals surface area contributed by atoms with Gasteiger partial charge in [0, 0.05) is 13.1 Å². The Labute approximate surface area is 126 Å². The predicted molar refractivity (Wildman–Crippen MR) is 85.0 cm³/mol. The summed E-state index contributed by atoms with van der Waals surface area (Å²) in [6, 6.07) is 18.6. The second kappa shape index (κ2) is 6.13. The van der Waals surface area contributed by atoms with Gasteiger partial charge in [0.1, 0.15) is 0 Å². The highest BCUT2D eigenvalue weighted by molar-refractivity contribution is 5.84. The van der Waals surface area contributed by atoms with Gasteiger partial charge in [0.15, 0.2) is 0 Å². The lowest BCUT2D eigenvalue weighted by Crippen LogP contribution is -2.39. The summed E-state index contributed by atoms with van der Waals surface area (Å²) < 4.78 is 0. The van der Waals surface area contributed by atoms with Crippen LogP contribution >= 0.6 is 0 Å². The number of carbonyl (C=O) groups excluding carboxylic acids is 1. The highest BCUT2D eigenvalue weighted by Gasteiger charge is 2.29. The predicted octanol–water partition coefficient (Wildman–Crippen LogP) is 3.90. The molecule has 3 rings (SSSR count). The summed E-state index contributed by atoms with van der Waals surface area (Å²) in [5.41, 5.74) is 3.59. The fraction of sp³-hybridized carbons (Fsp3) is 0.316. The average Bonchev–Trinajstić information content (AvgIpc) is 2.50. The van der Waals surface area contributed by atoms with E-state index in [-0.39, 0.29) is 11.8 Å². The molecule has 1 aliphatic heterocycles. The first-order valence-electron chi connectivity index (χ1n) is 7.63. The van der Waals surface area contributed by atoms with Crippen LogP contribution in [-0.2, 0) is 11.3 Å². The molecule has 0 aromatic heterocycles. The standard InChI is InChI=1S/C19H21NO/c1-15-7-5-10-17(13-15)18-11-6-12-20(19(18)21)14-16-8-3-2-4-9-16/h2-5,7-10,13,18H,6,11-12,14H2,1H3. The number of hydrogen-bond acceptors (Lipinski definition) is 1. The molecule has 0 radical (unpaired) electrons. The number of nitrogens with zero attached hydrogens (tertiary/aromatic N) is 1. The third-order valence-electron chi connectivity index (χ3n) is 4.19. The molecule has 21 heavy (non-hydrogen) atoms. The van der Waals surface area contributed by atoms with E-state index in [9.17, 15) is 4.79 Å². The fourth-order valence-corrected chi connectivity index (χ4v) is 3.10.